The van der Waals surface area contributed by atoms with E-state index >= 15 is 0 Å². The molecule has 0 bridgehead atoms. The Morgan fingerprint density at radius 3 is 2.89 bits per heavy atom. The number of aliphatic imine (C=N–C) groups is 1. The highest BCUT2D eigenvalue weighted by Gasteiger charge is 2.50. The Kier molecular flexibility index (Phi) is 4.86. The van der Waals surface area contributed by atoms with Gasteiger partial charge in [-0.25, -0.2) is 0 Å². The van der Waals surface area contributed by atoms with Gasteiger partial charge in [-0.15, -0.1) is 6.58 Å². The second-order valence-corrected chi connectivity index (χ2v) is 5.70. The fourth-order valence-corrected chi connectivity index (χ4v) is 3.47. The first-order valence-electron chi connectivity index (χ1n) is 6.36. The number of thioether (sulfide) groups is 1. The summed E-state index contributed by atoms with van der Waals surface area (Å²) in [4.78, 5) is 4.23. The molecule has 2 unspecified atom stereocenters. The second kappa shape index (κ2) is 6.23. The molecule has 6 nitrogen and oxygen atoms in total. The lowest BCUT2D eigenvalue weighted by Crippen LogP contribution is -2.61. The van der Waals surface area contributed by atoms with E-state index in [0.717, 1.165) is 0 Å². The van der Waals surface area contributed by atoms with Crippen LogP contribution in [0.2, 0.25) is 0 Å². The number of nitrogens with zero attached hydrogens (tertiary/aromatic N) is 1. The molecular weight excluding hydrogens is 268 g/mol. The Bertz CT molecular complexity index is 366. The minimum atomic E-state index is -1.13. The second-order valence-electron chi connectivity index (χ2n) is 4.61. The van der Waals surface area contributed by atoms with Gasteiger partial charge in [0, 0.05) is 6.54 Å². The molecule has 6 atom stereocenters. The predicted octanol–water partition coefficient (Wildman–Crippen LogP) is -0.549. The van der Waals surface area contributed by atoms with Gasteiger partial charge in [0.15, 0.2) is 5.17 Å². The summed E-state index contributed by atoms with van der Waals surface area (Å²) < 4.78 is 5.70. The highest BCUT2D eigenvalue weighted by molar-refractivity contribution is 8.14. The van der Waals surface area contributed by atoms with Crippen LogP contribution in [-0.4, -0.2) is 62.9 Å². The molecule has 2 rings (SSSR count). The zero-order valence-electron chi connectivity index (χ0n) is 10.8. The average molecular weight is 288 g/mol. The van der Waals surface area contributed by atoms with Crippen LogP contribution in [0.25, 0.3) is 0 Å². The maximum absolute atomic E-state index is 10.1. The fourth-order valence-electron chi connectivity index (χ4n) is 2.28. The van der Waals surface area contributed by atoms with Crippen LogP contribution in [0.15, 0.2) is 17.6 Å². The molecule has 108 valence electrons. The maximum Gasteiger partial charge on any atom is 0.159 e. The smallest absolute Gasteiger partial charge is 0.159 e. The summed E-state index contributed by atoms with van der Waals surface area (Å²) in [6.45, 7) is 6.10. The molecule has 19 heavy (non-hydrogen) atoms. The first-order chi connectivity index (χ1) is 9.08. The Morgan fingerprint density at radius 1 is 1.53 bits per heavy atom. The third-order valence-electron chi connectivity index (χ3n) is 3.25. The number of amidine groups is 1. The Balaban J connectivity index is 2.10. The molecule has 0 amide bonds. The predicted molar refractivity (Wildman–Crippen MR) is 74.0 cm³/mol. The van der Waals surface area contributed by atoms with Gasteiger partial charge in [0.1, 0.15) is 23.7 Å². The number of hydrogen-bond acceptors (Lipinski definition) is 6. The lowest BCUT2D eigenvalue weighted by atomic mass is 9.93. The number of nitrogens with one attached hydrogen (secondary N) is 1. The minimum Gasteiger partial charge on any atom is -0.390 e. The van der Waals surface area contributed by atoms with E-state index < -0.39 is 30.5 Å². The van der Waals surface area contributed by atoms with Crippen molar-refractivity contribution in [1.82, 2.24) is 5.32 Å². The van der Waals surface area contributed by atoms with E-state index in [-0.39, 0.29) is 5.44 Å². The van der Waals surface area contributed by atoms with Gasteiger partial charge < -0.3 is 25.4 Å². The summed E-state index contributed by atoms with van der Waals surface area (Å²) in [6, 6.07) is -0.405. The van der Waals surface area contributed by atoms with Crippen LogP contribution in [0.4, 0.5) is 0 Å². The van der Waals surface area contributed by atoms with E-state index in [1.807, 2.05) is 6.92 Å². The van der Waals surface area contributed by atoms with E-state index in [4.69, 9.17) is 4.74 Å². The van der Waals surface area contributed by atoms with Crippen molar-refractivity contribution in [3.05, 3.63) is 12.7 Å². The van der Waals surface area contributed by atoms with Crippen LogP contribution in [0, 0.1) is 0 Å². The van der Waals surface area contributed by atoms with Crippen molar-refractivity contribution in [2.75, 3.05) is 6.54 Å². The normalized spacial score (nSPS) is 41.7. The highest BCUT2D eigenvalue weighted by atomic mass is 32.2. The van der Waals surface area contributed by atoms with Gasteiger partial charge >= 0.3 is 0 Å². The maximum atomic E-state index is 10.1. The molecule has 0 aromatic heterocycles. The zero-order chi connectivity index (χ0) is 14.0. The molecule has 0 saturated carbocycles. The SMILES string of the molecule is C=CCC(O)[C@H]1O[C@@H]2SC(=NCC)N[C@@H]2C(O)[C@@H]1O. The molecule has 0 aromatic rings. The largest absolute Gasteiger partial charge is 0.390 e. The number of ether oxygens (including phenoxy) is 1. The van der Waals surface area contributed by atoms with Crippen molar-refractivity contribution in [1.29, 1.82) is 0 Å². The Labute approximate surface area is 116 Å². The molecule has 0 radical (unpaired) electrons. The van der Waals surface area contributed by atoms with E-state index in [1.54, 1.807) is 6.08 Å². The molecular formula is C12H20N2O4S. The summed E-state index contributed by atoms with van der Waals surface area (Å²) in [5.74, 6) is 0. The molecule has 4 N–H and O–H groups in total. The topological polar surface area (TPSA) is 94.3 Å². The van der Waals surface area contributed by atoms with Gasteiger partial charge in [0.05, 0.1) is 12.1 Å². The monoisotopic (exact) mass is 288 g/mol. The van der Waals surface area contributed by atoms with Crippen molar-refractivity contribution >= 4 is 16.9 Å². The van der Waals surface area contributed by atoms with Gasteiger partial charge in [0.25, 0.3) is 0 Å². The van der Waals surface area contributed by atoms with E-state index in [2.05, 4.69) is 16.9 Å². The first-order valence-corrected chi connectivity index (χ1v) is 7.24. The van der Waals surface area contributed by atoms with Crippen molar-refractivity contribution in [2.45, 2.75) is 49.2 Å². The third-order valence-corrected chi connectivity index (χ3v) is 4.35. The summed E-state index contributed by atoms with van der Waals surface area (Å²) >= 11 is 1.37. The lowest BCUT2D eigenvalue weighted by Gasteiger charge is -2.40. The van der Waals surface area contributed by atoms with E-state index in [0.29, 0.717) is 18.1 Å². The van der Waals surface area contributed by atoms with Gasteiger partial charge in [-0.05, 0) is 13.3 Å². The summed E-state index contributed by atoms with van der Waals surface area (Å²) in [6.07, 6.45) is -1.96. The summed E-state index contributed by atoms with van der Waals surface area (Å²) in [7, 11) is 0. The minimum absolute atomic E-state index is 0.305. The third kappa shape index (κ3) is 2.95. The van der Waals surface area contributed by atoms with Crippen LogP contribution < -0.4 is 5.32 Å². The molecule has 2 saturated heterocycles. The van der Waals surface area contributed by atoms with Gasteiger partial charge in [-0.1, -0.05) is 17.8 Å². The first kappa shape index (κ1) is 14.8. The van der Waals surface area contributed by atoms with Crippen LogP contribution in [0.5, 0.6) is 0 Å². The summed E-state index contributed by atoms with van der Waals surface area (Å²) in [5, 5.41) is 33.8. The molecule has 0 aromatic carbocycles. The zero-order valence-corrected chi connectivity index (χ0v) is 11.6. The number of rotatable bonds is 4. The molecule has 2 heterocycles. The Morgan fingerprint density at radius 2 is 2.26 bits per heavy atom. The molecule has 2 aliphatic heterocycles. The van der Waals surface area contributed by atoms with Crippen molar-refractivity contribution in [3.63, 3.8) is 0 Å². The van der Waals surface area contributed by atoms with Crippen LogP contribution in [0.1, 0.15) is 13.3 Å². The number of fused-ring (bicyclic) bond motifs is 1. The highest BCUT2D eigenvalue weighted by Crippen LogP contribution is 2.35. The average Bonchev–Trinajstić information content (AvgIpc) is 2.77. The van der Waals surface area contributed by atoms with E-state index in [1.165, 1.54) is 11.8 Å². The van der Waals surface area contributed by atoms with Crippen LogP contribution in [0.3, 0.4) is 0 Å². The number of hydrogen-bond donors (Lipinski definition) is 4. The molecule has 0 aliphatic carbocycles. The molecule has 7 heteroatoms. The van der Waals surface area contributed by atoms with Gasteiger partial charge in [-0.3, -0.25) is 4.99 Å². The van der Waals surface area contributed by atoms with Crippen molar-refractivity contribution < 1.29 is 20.1 Å². The molecule has 0 spiro atoms. The van der Waals surface area contributed by atoms with Crippen molar-refractivity contribution in [2.24, 2.45) is 4.99 Å². The molecule has 2 aliphatic rings. The standard InChI is InChI=1S/C12H20N2O4S/c1-3-5-6(15)10-9(17)8(16)7-11(18-10)19-12(14-7)13-4-2/h3,6-11,15-17H,1,4-5H2,2H3,(H,13,14)/t6?,7-,8?,9+,10-,11-/m1/s1. The molecule has 2 fully saturated rings. The fraction of sp³-hybridized carbons (Fsp3) is 0.750. The number of aliphatic hydroxyl groups excluding tert-OH is 3. The van der Waals surface area contributed by atoms with E-state index in [9.17, 15) is 15.3 Å². The Hall–Kier alpha value is -0.600. The van der Waals surface area contributed by atoms with Crippen molar-refractivity contribution in [3.8, 4) is 0 Å². The quantitative estimate of drug-likeness (QED) is 0.519. The number of aliphatic hydroxyl groups is 3. The summed E-state index contributed by atoms with van der Waals surface area (Å²) in [5.41, 5.74) is -0.354. The lowest BCUT2D eigenvalue weighted by molar-refractivity contribution is -0.186. The van der Waals surface area contributed by atoms with Gasteiger partial charge in [-0.2, -0.15) is 0 Å². The van der Waals surface area contributed by atoms with Crippen LogP contribution >= 0.6 is 11.8 Å². The van der Waals surface area contributed by atoms with Gasteiger partial charge in [0.2, 0.25) is 0 Å². The van der Waals surface area contributed by atoms with Crippen LogP contribution in [-0.2, 0) is 4.74 Å².